The molecule has 0 saturated carbocycles. The van der Waals surface area contributed by atoms with E-state index in [1.165, 1.54) is 11.1 Å². The van der Waals surface area contributed by atoms with E-state index in [9.17, 15) is 9.59 Å². The van der Waals surface area contributed by atoms with Crippen molar-refractivity contribution in [2.45, 2.75) is 40.0 Å². The van der Waals surface area contributed by atoms with Crippen LogP contribution in [0.25, 0.3) is 11.0 Å². The number of benzene rings is 1. The molecule has 134 valence electrons. The summed E-state index contributed by atoms with van der Waals surface area (Å²) >= 11 is 0. The van der Waals surface area contributed by atoms with Crippen molar-refractivity contribution in [1.29, 1.82) is 0 Å². The smallest absolute Gasteiger partial charge is 0.310 e. The van der Waals surface area contributed by atoms with Crippen molar-refractivity contribution in [3.63, 3.8) is 0 Å². The van der Waals surface area contributed by atoms with E-state index in [0.29, 0.717) is 26.1 Å². The van der Waals surface area contributed by atoms with Crippen LogP contribution in [0.2, 0.25) is 0 Å². The summed E-state index contributed by atoms with van der Waals surface area (Å²) < 4.78 is 10.7. The van der Waals surface area contributed by atoms with Gasteiger partial charge in [-0.2, -0.15) is 0 Å². The zero-order valence-electron chi connectivity index (χ0n) is 15.1. The number of carbonyl (C=O) groups excluding carboxylic acids is 2. The Balaban J connectivity index is 1.72. The van der Waals surface area contributed by atoms with Crippen molar-refractivity contribution in [3.05, 3.63) is 35.1 Å². The van der Waals surface area contributed by atoms with Crippen molar-refractivity contribution in [2.75, 3.05) is 19.7 Å². The highest BCUT2D eigenvalue weighted by Crippen LogP contribution is 2.26. The van der Waals surface area contributed by atoms with Gasteiger partial charge in [-0.05, 0) is 56.9 Å². The Morgan fingerprint density at radius 3 is 2.80 bits per heavy atom. The monoisotopic (exact) mass is 343 g/mol. The summed E-state index contributed by atoms with van der Waals surface area (Å²) in [6.07, 6.45) is 3.59. The normalized spacial score (nSPS) is 17.7. The summed E-state index contributed by atoms with van der Waals surface area (Å²) in [6.45, 7) is 7.43. The summed E-state index contributed by atoms with van der Waals surface area (Å²) in [4.78, 5) is 26.5. The van der Waals surface area contributed by atoms with Gasteiger partial charge in [0.1, 0.15) is 5.58 Å². The van der Waals surface area contributed by atoms with Gasteiger partial charge < -0.3 is 14.1 Å². The summed E-state index contributed by atoms with van der Waals surface area (Å²) in [5.74, 6) is -0.363. The molecule has 5 heteroatoms. The molecule has 3 rings (SSSR count). The molecule has 1 aromatic carbocycles. The maximum atomic E-state index is 12.7. The number of fused-ring (bicyclic) bond motifs is 1. The summed E-state index contributed by atoms with van der Waals surface area (Å²) in [5, 5.41) is 0.996. The van der Waals surface area contributed by atoms with E-state index in [1.807, 2.05) is 13.0 Å². The minimum atomic E-state index is -0.205. The molecule has 0 aliphatic carbocycles. The van der Waals surface area contributed by atoms with Gasteiger partial charge in [-0.1, -0.05) is 0 Å². The second-order valence-corrected chi connectivity index (χ2v) is 6.80. The van der Waals surface area contributed by atoms with E-state index in [0.717, 1.165) is 29.4 Å². The van der Waals surface area contributed by atoms with Crippen LogP contribution in [-0.4, -0.2) is 36.5 Å². The van der Waals surface area contributed by atoms with Crippen molar-refractivity contribution < 1.29 is 18.7 Å². The third-order valence-corrected chi connectivity index (χ3v) is 5.01. The third-order valence-electron chi connectivity index (χ3n) is 5.01. The molecule has 1 fully saturated rings. The lowest BCUT2D eigenvalue weighted by Gasteiger charge is -2.31. The number of likely N-dealkylation sites (tertiary alicyclic amines) is 1. The van der Waals surface area contributed by atoms with Gasteiger partial charge in [0.2, 0.25) is 5.91 Å². The summed E-state index contributed by atoms with van der Waals surface area (Å²) in [5.41, 5.74) is 4.08. The number of carbonyl (C=O) groups is 2. The second-order valence-electron chi connectivity index (χ2n) is 6.80. The van der Waals surface area contributed by atoms with E-state index in [4.69, 9.17) is 9.15 Å². The predicted molar refractivity (Wildman–Crippen MR) is 95.3 cm³/mol. The van der Waals surface area contributed by atoms with Crippen LogP contribution >= 0.6 is 0 Å². The van der Waals surface area contributed by atoms with Crippen LogP contribution in [-0.2, 0) is 20.7 Å². The van der Waals surface area contributed by atoms with Crippen molar-refractivity contribution in [2.24, 2.45) is 5.92 Å². The average molecular weight is 343 g/mol. The fourth-order valence-electron chi connectivity index (χ4n) is 3.40. The number of hydrogen-bond donors (Lipinski definition) is 0. The number of esters is 1. The van der Waals surface area contributed by atoms with Gasteiger partial charge in [-0.3, -0.25) is 9.59 Å². The molecule has 0 bridgehead atoms. The number of ether oxygens (including phenoxy) is 1. The molecule has 2 aromatic rings. The van der Waals surface area contributed by atoms with Gasteiger partial charge in [-0.15, -0.1) is 0 Å². The molecule has 1 saturated heterocycles. The molecule has 1 aliphatic rings. The first-order valence-electron chi connectivity index (χ1n) is 8.91. The van der Waals surface area contributed by atoms with Crippen LogP contribution in [0.5, 0.6) is 0 Å². The first kappa shape index (κ1) is 17.5. The highest BCUT2D eigenvalue weighted by Gasteiger charge is 2.29. The predicted octanol–water partition coefficient (Wildman–Crippen LogP) is 3.39. The maximum absolute atomic E-state index is 12.7. The first-order valence-corrected chi connectivity index (χ1v) is 8.91. The Labute approximate surface area is 147 Å². The molecule has 0 unspecified atom stereocenters. The SMILES string of the molecule is CCOC(=O)[C@@H]1CCCN(C(=O)Cc2coc3cc(C)c(C)cc23)C1. The standard InChI is InChI=1S/C20H25NO4/c1-4-24-20(23)15-6-5-7-21(11-15)19(22)10-16-12-25-18-9-14(3)13(2)8-17(16)18/h8-9,12,15H,4-7,10-11H2,1-3H3/t15-/m1/s1. The largest absolute Gasteiger partial charge is 0.466 e. The minimum Gasteiger partial charge on any atom is -0.466 e. The fraction of sp³-hybridized carbons (Fsp3) is 0.500. The topological polar surface area (TPSA) is 59.8 Å². The highest BCUT2D eigenvalue weighted by molar-refractivity contribution is 5.88. The minimum absolute atomic E-state index is 0.0370. The molecule has 0 N–H and O–H groups in total. The van der Waals surface area contributed by atoms with Crippen LogP contribution < -0.4 is 0 Å². The number of rotatable bonds is 4. The Hall–Kier alpha value is -2.30. The summed E-state index contributed by atoms with van der Waals surface area (Å²) in [6, 6.07) is 4.09. The van der Waals surface area contributed by atoms with E-state index in [-0.39, 0.29) is 17.8 Å². The van der Waals surface area contributed by atoms with Crippen LogP contribution in [0.1, 0.15) is 36.5 Å². The molecular formula is C20H25NO4. The lowest BCUT2D eigenvalue weighted by molar-refractivity contribution is -0.151. The number of nitrogens with zero attached hydrogens (tertiary/aromatic N) is 1. The van der Waals surface area contributed by atoms with Crippen molar-refractivity contribution in [3.8, 4) is 0 Å². The zero-order valence-corrected chi connectivity index (χ0v) is 15.1. The van der Waals surface area contributed by atoms with E-state index < -0.39 is 0 Å². The first-order chi connectivity index (χ1) is 12.0. The van der Waals surface area contributed by atoms with Crippen LogP contribution in [0.15, 0.2) is 22.8 Å². The Bertz CT molecular complexity index is 792. The Morgan fingerprint density at radius 1 is 1.28 bits per heavy atom. The Morgan fingerprint density at radius 2 is 2.04 bits per heavy atom. The van der Waals surface area contributed by atoms with E-state index in [1.54, 1.807) is 18.1 Å². The number of furan rings is 1. The molecule has 1 aliphatic heterocycles. The van der Waals surface area contributed by atoms with Crippen LogP contribution in [0.3, 0.4) is 0 Å². The number of piperidine rings is 1. The van der Waals surface area contributed by atoms with Gasteiger partial charge in [-0.25, -0.2) is 0 Å². The van der Waals surface area contributed by atoms with Crippen molar-refractivity contribution in [1.82, 2.24) is 4.90 Å². The molecular weight excluding hydrogens is 318 g/mol. The number of aryl methyl sites for hydroxylation is 2. The summed E-state index contributed by atoms with van der Waals surface area (Å²) in [7, 11) is 0. The molecule has 1 aromatic heterocycles. The molecule has 25 heavy (non-hydrogen) atoms. The van der Waals surface area contributed by atoms with Crippen molar-refractivity contribution >= 4 is 22.8 Å². The highest BCUT2D eigenvalue weighted by atomic mass is 16.5. The van der Waals surface area contributed by atoms with Crippen LogP contribution in [0, 0.1) is 19.8 Å². The number of hydrogen-bond acceptors (Lipinski definition) is 4. The van der Waals surface area contributed by atoms with Crippen LogP contribution in [0.4, 0.5) is 0 Å². The molecule has 1 atom stereocenters. The lowest BCUT2D eigenvalue weighted by atomic mass is 9.97. The Kier molecular flexibility index (Phi) is 5.11. The van der Waals surface area contributed by atoms with Gasteiger partial charge in [0.05, 0.1) is 25.2 Å². The number of amides is 1. The second kappa shape index (κ2) is 7.30. The van der Waals surface area contributed by atoms with Gasteiger partial charge >= 0.3 is 5.97 Å². The molecule has 0 spiro atoms. The molecule has 1 amide bonds. The quantitative estimate of drug-likeness (QED) is 0.799. The molecule has 5 nitrogen and oxygen atoms in total. The molecule has 0 radical (unpaired) electrons. The molecule has 2 heterocycles. The van der Waals surface area contributed by atoms with Gasteiger partial charge in [0, 0.05) is 24.0 Å². The lowest BCUT2D eigenvalue weighted by Crippen LogP contribution is -2.43. The zero-order chi connectivity index (χ0) is 18.0. The van der Waals surface area contributed by atoms with E-state index >= 15 is 0 Å². The van der Waals surface area contributed by atoms with E-state index in [2.05, 4.69) is 13.0 Å². The maximum Gasteiger partial charge on any atom is 0.310 e. The fourth-order valence-corrected chi connectivity index (χ4v) is 3.40. The van der Waals surface area contributed by atoms with Gasteiger partial charge in [0.25, 0.3) is 0 Å². The van der Waals surface area contributed by atoms with Gasteiger partial charge in [0.15, 0.2) is 0 Å². The average Bonchev–Trinajstić information content (AvgIpc) is 2.97. The third kappa shape index (κ3) is 3.70.